The molecular formula is C15H19N3S. The zero-order chi connectivity index (χ0) is 12.7. The van der Waals surface area contributed by atoms with Crippen LogP contribution in [0, 0.1) is 0 Å². The molecule has 0 N–H and O–H groups in total. The number of nitrogens with zero attached hydrogens (tertiary/aromatic N) is 3. The van der Waals surface area contributed by atoms with Crippen molar-refractivity contribution < 1.29 is 0 Å². The van der Waals surface area contributed by atoms with Gasteiger partial charge in [-0.15, -0.1) is 11.3 Å². The van der Waals surface area contributed by atoms with E-state index >= 15 is 0 Å². The van der Waals surface area contributed by atoms with E-state index in [0.717, 1.165) is 0 Å². The van der Waals surface area contributed by atoms with Gasteiger partial charge in [0.25, 0.3) is 0 Å². The predicted octanol–water partition coefficient (Wildman–Crippen LogP) is 3.39. The van der Waals surface area contributed by atoms with Crippen molar-refractivity contribution in [3.63, 3.8) is 0 Å². The van der Waals surface area contributed by atoms with Gasteiger partial charge in [-0.25, -0.2) is 4.98 Å². The number of thiophene rings is 1. The molecule has 0 unspecified atom stereocenters. The summed E-state index contributed by atoms with van der Waals surface area (Å²) in [7, 11) is 0. The molecule has 2 aliphatic rings. The summed E-state index contributed by atoms with van der Waals surface area (Å²) in [4.78, 5) is 8.49. The molecule has 1 fully saturated rings. The Bertz CT molecular complexity index is 525. The molecule has 4 heterocycles. The predicted molar refractivity (Wildman–Crippen MR) is 78.6 cm³/mol. The Hall–Kier alpha value is -1.13. The molecule has 1 saturated heterocycles. The second-order valence-electron chi connectivity index (χ2n) is 5.59. The highest BCUT2D eigenvalue weighted by atomic mass is 32.1. The van der Waals surface area contributed by atoms with Crippen LogP contribution in [0.3, 0.4) is 0 Å². The third-order valence-corrected chi connectivity index (χ3v) is 5.46. The number of hydrogen-bond donors (Lipinski definition) is 0. The lowest BCUT2D eigenvalue weighted by Crippen LogP contribution is -2.31. The van der Waals surface area contributed by atoms with Crippen molar-refractivity contribution in [2.45, 2.75) is 31.7 Å². The van der Waals surface area contributed by atoms with Crippen molar-refractivity contribution in [1.82, 2.24) is 14.5 Å². The van der Waals surface area contributed by atoms with Crippen LogP contribution >= 0.6 is 11.3 Å². The van der Waals surface area contributed by atoms with E-state index in [9.17, 15) is 0 Å². The molecule has 0 bridgehead atoms. The van der Waals surface area contributed by atoms with Gasteiger partial charge in [-0.3, -0.25) is 0 Å². The van der Waals surface area contributed by atoms with Crippen LogP contribution in [0.25, 0.3) is 11.3 Å². The molecule has 2 aliphatic heterocycles. The molecule has 0 aromatic carbocycles. The highest BCUT2D eigenvalue weighted by Gasteiger charge is 2.29. The summed E-state index contributed by atoms with van der Waals surface area (Å²) in [5.74, 6) is 0. The van der Waals surface area contributed by atoms with Crippen LogP contribution in [-0.4, -0.2) is 34.1 Å². The third-order valence-electron chi connectivity index (χ3n) is 4.44. The Kier molecular flexibility index (Phi) is 2.93. The lowest BCUT2D eigenvalue weighted by Gasteiger charge is -2.27. The van der Waals surface area contributed by atoms with Gasteiger partial charge in [0, 0.05) is 17.0 Å². The van der Waals surface area contributed by atoms with Gasteiger partial charge in [0.1, 0.15) is 0 Å². The van der Waals surface area contributed by atoms with Crippen molar-refractivity contribution in [3.8, 4) is 11.3 Å². The molecule has 100 valence electrons. The Balaban J connectivity index is 1.52. The van der Waals surface area contributed by atoms with Crippen LogP contribution in [0.5, 0.6) is 0 Å². The minimum absolute atomic E-state index is 0.523. The van der Waals surface area contributed by atoms with Gasteiger partial charge in [0.15, 0.2) is 0 Å². The Morgan fingerprint density at radius 3 is 3.05 bits per heavy atom. The monoisotopic (exact) mass is 273 g/mol. The van der Waals surface area contributed by atoms with E-state index in [1.54, 1.807) is 0 Å². The second-order valence-corrected chi connectivity index (χ2v) is 6.54. The number of imidazole rings is 1. The molecule has 0 radical (unpaired) electrons. The molecule has 0 amide bonds. The Labute approximate surface area is 117 Å². The molecular weight excluding hydrogens is 254 g/mol. The molecule has 4 rings (SSSR count). The molecule has 0 spiro atoms. The normalized spacial score (nSPS) is 22.4. The van der Waals surface area contributed by atoms with Crippen LogP contribution in [0.4, 0.5) is 0 Å². The maximum atomic E-state index is 4.32. The number of aromatic nitrogens is 2. The smallest absolute Gasteiger partial charge is 0.0957 e. The minimum atomic E-state index is 0.523. The topological polar surface area (TPSA) is 21.1 Å². The summed E-state index contributed by atoms with van der Waals surface area (Å²) < 4.78 is 2.37. The first-order valence-corrected chi connectivity index (χ1v) is 8.13. The fourth-order valence-corrected chi connectivity index (χ4v) is 4.48. The first-order chi connectivity index (χ1) is 9.43. The largest absolute Gasteiger partial charge is 0.322 e. The zero-order valence-electron chi connectivity index (χ0n) is 11.1. The fraction of sp³-hybridized carbons (Fsp3) is 0.533. The summed E-state index contributed by atoms with van der Waals surface area (Å²) >= 11 is 1.90. The van der Waals surface area contributed by atoms with Gasteiger partial charge in [-0.1, -0.05) is 6.42 Å². The number of rotatable bonds is 3. The van der Waals surface area contributed by atoms with E-state index in [0.29, 0.717) is 6.04 Å². The van der Waals surface area contributed by atoms with E-state index in [4.69, 9.17) is 0 Å². The van der Waals surface area contributed by atoms with Crippen LogP contribution in [0.1, 0.15) is 36.6 Å². The average molecular weight is 273 g/mol. The van der Waals surface area contributed by atoms with Crippen molar-refractivity contribution >= 4 is 11.3 Å². The number of hydrogen-bond acceptors (Lipinski definition) is 3. The van der Waals surface area contributed by atoms with Gasteiger partial charge in [-0.2, -0.15) is 0 Å². The van der Waals surface area contributed by atoms with Gasteiger partial charge in [-0.05, 0) is 43.8 Å². The van der Waals surface area contributed by atoms with Crippen LogP contribution in [0.15, 0.2) is 24.0 Å². The Morgan fingerprint density at radius 2 is 2.16 bits per heavy atom. The second kappa shape index (κ2) is 4.76. The summed E-state index contributed by atoms with van der Waals surface area (Å²) in [6, 6.07) is 2.77. The van der Waals surface area contributed by atoms with E-state index in [-0.39, 0.29) is 0 Å². The maximum absolute atomic E-state index is 4.32. The van der Waals surface area contributed by atoms with Gasteiger partial charge < -0.3 is 9.47 Å². The molecule has 19 heavy (non-hydrogen) atoms. The third kappa shape index (κ3) is 1.94. The molecule has 4 heteroatoms. The van der Waals surface area contributed by atoms with Crippen molar-refractivity contribution in [2.24, 2.45) is 0 Å². The van der Waals surface area contributed by atoms with Crippen molar-refractivity contribution in [3.05, 3.63) is 28.8 Å². The van der Waals surface area contributed by atoms with E-state index in [2.05, 4.69) is 25.9 Å². The average Bonchev–Trinajstić information content (AvgIpc) is 3.11. The Morgan fingerprint density at radius 1 is 1.26 bits per heavy atom. The lowest BCUT2D eigenvalue weighted by atomic mass is 10.1. The summed E-state index contributed by atoms with van der Waals surface area (Å²) in [6.07, 6.45) is 9.41. The number of likely N-dealkylation sites (tertiary alicyclic amines) is 1. The molecule has 1 atom stereocenters. The first-order valence-electron chi connectivity index (χ1n) is 7.25. The van der Waals surface area contributed by atoms with Crippen molar-refractivity contribution in [2.75, 3.05) is 19.6 Å². The van der Waals surface area contributed by atoms with E-state index in [1.165, 1.54) is 61.5 Å². The van der Waals surface area contributed by atoms with Crippen LogP contribution in [-0.2, 0) is 0 Å². The van der Waals surface area contributed by atoms with Gasteiger partial charge >= 0.3 is 0 Å². The molecule has 0 aliphatic carbocycles. The quantitative estimate of drug-likeness (QED) is 0.854. The highest BCUT2D eigenvalue weighted by Crippen LogP contribution is 2.44. The molecule has 2 aromatic rings. The first kappa shape index (κ1) is 11.7. The number of piperidine rings is 1. The molecule has 2 aromatic heterocycles. The highest BCUT2D eigenvalue weighted by molar-refractivity contribution is 7.10. The van der Waals surface area contributed by atoms with Gasteiger partial charge in [0.2, 0.25) is 0 Å². The van der Waals surface area contributed by atoms with Crippen molar-refractivity contribution in [1.29, 1.82) is 0 Å². The zero-order valence-corrected chi connectivity index (χ0v) is 11.9. The van der Waals surface area contributed by atoms with E-state index < -0.39 is 0 Å². The lowest BCUT2D eigenvalue weighted by molar-refractivity contribution is 0.219. The summed E-state index contributed by atoms with van der Waals surface area (Å²) in [6.45, 7) is 3.81. The van der Waals surface area contributed by atoms with Crippen LogP contribution in [0.2, 0.25) is 0 Å². The summed E-state index contributed by atoms with van der Waals surface area (Å²) in [5, 5.41) is 2.22. The number of fused-ring (bicyclic) bond motifs is 3. The fourth-order valence-electron chi connectivity index (χ4n) is 3.44. The SMILES string of the molecule is c1cc2c(s1)[C@H](CCN1CCCCC1)n1cncc1-2. The minimum Gasteiger partial charge on any atom is -0.322 e. The molecule has 0 saturated carbocycles. The van der Waals surface area contributed by atoms with E-state index in [1.807, 2.05) is 23.9 Å². The molecule has 3 nitrogen and oxygen atoms in total. The standard InChI is InChI=1S/C15H19N3S/c1-2-6-17(7-3-1)8-4-13-15-12(5-9-19-15)14-10-16-11-18(13)14/h5,9-11,13H,1-4,6-8H2/t13-/m0/s1. The van der Waals surface area contributed by atoms with Gasteiger partial charge in [0.05, 0.1) is 24.3 Å². The van der Waals surface area contributed by atoms with Crippen LogP contribution < -0.4 is 0 Å². The maximum Gasteiger partial charge on any atom is 0.0957 e. The summed E-state index contributed by atoms with van der Waals surface area (Å²) in [5.41, 5.74) is 2.71.